The third-order valence-electron chi connectivity index (χ3n) is 2.40. The van der Waals surface area contributed by atoms with Crippen molar-refractivity contribution in [3.8, 4) is 0 Å². The van der Waals surface area contributed by atoms with Crippen molar-refractivity contribution in [3.05, 3.63) is 54.6 Å². The van der Waals surface area contributed by atoms with Crippen LogP contribution in [0.5, 0.6) is 0 Å². The first-order chi connectivity index (χ1) is 7.13. The molecule has 1 aromatic rings. The Kier molecular flexibility index (Phi) is 4.36. The van der Waals surface area contributed by atoms with Crippen molar-refractivity contribution in [3.63, 3.8) is 0 Å². The van der Waals surface area contributed by atoms with Crippen molar-refractivity contribution in [2.24, 2.45) is 5.92 Å². The normalized spacial score (nSPS) is 10.3. The highest BCUT2D eigenvalue weighted by Gasteiger charge is 1.99. The SMILES string of the molecule is C=CCC(=C)c1ccc(CC(C)C)cc1. The molecule has 15 heavy (non-hydrogen) atoms. The second-order valence-electron chi connectivity index (χ2n) is 4.39. The maximum absolute atomic E-state index is 4.03. The molecule has 1 aromatic carbocycles. The largest absolute Gasteiger partial charge is 0.103 e. The highest BCUT2D eigenvalue weighted by Crippen LogP contribution is 2.18. The summed E-state index contributed by atoms with van der Waals surface area (Å²) in [5.41, 5.74) is 3.77. The molecule has 0 radical (unpaired) electrons. The van der Waals surface area contributed by atoms with E-state index in [1.54, 1.807) is 0 Å². The van der Waals surface area contributed by atoms with E-state index in [1.165, 1.54) is 11.1 Å². The first-order valence-corrected chi connectivity index (χ1v) is 5.51. The standard InChI is InChI=1S/C15H20/c1-5-6-13(4)15-9-7-14(8-10-15)11-12(2)3/h5,7-10,12H,1,4,6,11H2,2-3H3. The maximum Gasteiger partial charge on any atom is -0.0100 e. The lowest BCUT2D eigenvalue weighted by atomic mass is 9.99. The van der Waals surface area contributed by atoms with Crippen molar-refractivity contribution in [1.29, 1.82) is 0 Å². The molecule has 0 nitrogen and oxygen atoms in total. The number of hydrogen-bond donors (Lipinski definition) is 0. The third-order valence-corrected chi connectivity index (χ3v) is 2.40. The van der Waals surface area contributed by atoms with Crippen molar-refractivity contribution >= 4 is 5.57 Å². The van der Waals surface area contributed by atoms with Crippen molar-refractivity contribution in [1.82, 2.24) is 0 Å². The molecular formula is C15H20. The van der Waals surface area contributed by atoms with Crippen LogP contribution >= 0.6 is 0 Å². The summed E-state index contributed by atoms with van der Waals surface area (Å²) in [6.07, 6.45) is 3.90. The van der Waals surface area contributed by atoms with Gasteiger partial charge in [-0.25, -0.2) is 0 Å². The Morgan fingerprint density at radius 2 is 1.87 bits per heavy atom. The molecule has 0 amide bonds. The fourth-order valence-electron chi connectivity index (χ4n) is 1.64. The Labute approximate surface area is 93.3 Å². The van der Waals surface area contributed by atoms with E-state index in [-0.39, 0.29) is 0 Å². The predicted molar refractivity (Wildman–Crippen MR) is 68.8 cm³/mol. The zero-order valence-corrected chi connectivity index (χ0v) is 9.79. The molecular weight excluding hydrogens is 180 g/mol. The summed E-state index contributed by atoms with van der Waals surface area (Å²) in [4.78, 5) is 0. The minimum Gasteiger partial charge on any atom is -0.103 e. The summed E-state index contributed by atoms with van der Waals surface area (Å²) in [5.74, 6) is 0.715. The molecule has 0 spiro atoms. The molecule has 1 rings (SSSR count). The van der Waals surface area contributed by atoms with Crippen LogP contribution in [0.25, 0.3) is 5.57 Å². The van der Waals surface area contributed by atoms with E-state index >= 15 is 0 Å². The Balaban J connectivity index is 2.71. The lowest BCUT2D eigenvalue weighted by Crippen LogP contribution is -1.93. The fourth-order valence-corrected chi connectivity index (χ4v) is 1.64. The summed E-state index contributed by atoms with van der Waals surface area (Å²) in [6, 6.07) is 8.71. The molecule has 80 valence electrons. The monoisotopic (exact) mass is 200 g/mol. The van der Waals surface area contributed by atoms with E-state index in [1.807, 2.05) is 6.08 Å². The third kappa shape index (κ3) is 3.75. The Bertz CT molecular complexity index is 328. The minimum atomic E-state index is 0.715. The van der Waals surface area contributed by atoms with Gasteiger partial charge in [-0.05, 0) is 35.5 Å². The summed E-state index contributed by atoms with van der Waals surface area (Å²) >= 11 is 0. The first kappa shape index (κ1) is 11.8. The Morgan fingerprint density at radius 3 is 2.33 bits per heavy atom. The summed E-state index contributed by atoms with van der Waals surface area (Å²) in [7, 11) is 0. The topological polar surface area (TPSA) is 0 Å². The van der Waals surface area contributed by atoms with Gasteiger partial charge in [-0.1, -0.05) is 50.8 Å². The molecule has 0 atom stereocenters. The summed E-state index contributed by atoms with van der Waals surface area (Å²) < 4.78 is 0. The van der Waals surface area contributed by atoms with Crippen LogP contribution in [0.15, 0.2) is 43.5 Å². The number of rotatable bonds is 5. The van der Waals surface area contributed by atoms with Crippen LogP contribution in [0, 0.1) is 5.92 Å². The van der Waals surface area contributed by atoms with Gasteiger partial charge in [-0.3, -0.25) is 0 Å². The van der Waals surface area contributed by atoms with E-state index in [4.69, 9.17) is 0 Å². The van der Waals surface area contributed by atoms with Gasteiger partial charge in [0, 0.05) is 0 Å². The zero-order chi connectivity index (χ0) is 11.3. The second-order valence-corrected chi connectivity index (χ2v) is 4.39. The quantitative estimate of drug-likeness (QED) is 0.615. The lowest BCUT2D eigenvalue weighted by Gasteiger charge is -2.07. The number of hydrogen-bond acceptors (Lipinski definition) is 0. The van der Waals surface area contributed by atoms with Crippen LogP contribution in [0.4, 0.5) is 0 Å². The van der Waals surface area contributed by atoms with Gasteiger partial charge in [0.15, 0.2) is 0 Å². The zero-order valence-electron chi connectivity index (χ0n) is 9.79. The Hall–Kier alpha value is -1.30. The average molecular weight is 200 g/mol. The van der Waals surface area contributed by atoms with Gasteiger partial charge in [-0.15, -0.1) is 6.58 Å². The second kappa shape index (κ2) is 5.55. The van der Waals surface area contributed by atoms with Crippen molar-refractivity contribution in [2.45, 2.75) is 26.7 Å². The highest BCUT2D eigenvalue weighted by molar-refractivity contribution is 5.64. The van der Waals surface area contributed by atoms with E-state index in [9.17, 15) is 0 Å². The van der Waals surface area contributed by atoms with Gasteiger partial charge in [0.2, 0.25) is 0 Å². The van der Waals surface area contributed by atoms with Crippen LogP contribution < -0.4 is 0 Å². The summed E-state index contributed by atoms with van der Waals surface area (Å²) in [5, 5.41) is 0. The molecule has 0 saturated heterocycles. The van der Waals surface area contributed by atoms with Gasteiger partial charge in [-0.2, -0.15) is 0 Å². The van der Waals surface area contributed by atoms with E-state index in [0.717, 1.165) is 18.4 Å². The Morgan fingerprint density at radius 1 is 1.27 bits per heavy atom. The van der Waals surface area contributed by atoms with Gasteiger partial charge in [0.25, 0.3) is 0 Å². The molecule has 0 saturated carbocycles. The molecule has 0 heterocycles. The first-order valence-electron chi connectivity index (χ1n) is 5.51. The molecule has 0 bridgehead atoms. The van der Waals surface area contributed by atoms with Gasteiger partial charge in [0.1, 0.15) is 0 Å². The van der Waals surface area contributed by atoms with Gasteiger partial charge >= 0.3 is 0 Å². The fraction of sp³-hybridized carbons (Fsp3) is 0.333. The van der Waals surface area contributed by atoms with Crippen LogP contribution in [0.1, 0.15) is 31.4 Å². The maximum atomic E-state index is 4.03. The molecule has 0 aliphatic heterocycles. The van der Waals surface area contributed by atoms with Gasteiger partial charge in [0.05, 0.1) is 0 Å². The smallest absolute Gasteiger partial charge is 0.0100 e. The molecule has 0 aliphatic carbocycles. The molecule has 0 unspecified atom stereocenters. The molecule has 0 aliphatic rings. The van der Waals surface area contributed by atoms with Crippen LogP contribution in [-0.4, -0.2) is 0 Å². The van der Waals surface area contributed by atoms with Gasteiger partial charge < -0.3 is 0 Å². The van der Waals surface area contributed by atoms with Crippen LogP contribution in [0.2, 0.25) is 0 Å². The van der Waals surface area contributed by atoms with E-state index in [0.29, 0.717) is 5.92 Å². The summed E-state index contributed by atoms with van der Waals surface area (Å²) in [6.45, 7) is 12.2. The highest BCUT2D eigenvalue weighted by atomic mass is 14.0. The van der Waals surface area contributed by atoms with Crippen molar-refractivity contribution < 1.29 is 0 Å². The molecule has 0 fully saturated rings. The molecule has 0 N–H and O–H groups in total. The van der Waals surface area contributed by atoms with E-state index < -0.39 is 0 Å². The number of benzene rings is 1. The van der Waals surface area contributed by atoms with Crippen LogP contribution in [0.3, 0.4) is 0 Å². The number of allylic oxidation sites excluding steroid dienone is 2. The van der Waals surface area contributed by atoms with Crippen molar-refractivity contribution in [2.75, 3.05) is 0 Å². The van der Waals surface area contributed by atoms with Crippen LogP contribution in [-0.2, 0) is 6.42 Å². The van der Waals surface area contributed by atoms with E-state index in [2.05, 4.69) is 51.3 Å². The lowest BCUT2D eigenvalue weighted by molar-refractivity contribution is 0.647. The predicted octanol–water partition coefficient (Wildman–Crippen LogP) is 4.47. The minimum absolute atomic E-state index is 0.715. The molecule has 0 heteroatoms. The average Bonchev–Trinajstić information content (AvgIpc) is 2.18. The molecule has 0 aromatic heterocycles.